The molecule has 3 rings (SSSR count). The smallest absolute Gasteiger partial charge is 0.160 e. The summed E-state index contributed by atoms with van der Waals surface area (Å²) in [5.74, 6) is 0. The molecule has 0 amide bonds. The number of H-pyrrole nitrogens is 1. The third kappa shape index (κ3) is 1.18. The molecule has 0 atom stereocenters. The molecule has 0 spiro atoms. The van der Waals surface area contributed by atoms with Gasteiger partial charge < -0.3 is 10.3 Å². The average molecular weight is 202 g/mol. The number of nitrogens with zero attached hydrogens (tertiary/aromatic N) is 2. The Morgan fingerprint density at radius 3 is 2.93 bits per heavy atom. The first kappa shape index (κ1) is 8.85. The van der Waals surface area contributed by atoms with Gasteiger partial charge in [-0.1, -0.05) is 0 Å². The van der Waals surface area contributed by atoms with E-state index in [1.165, 1.54) is 22.2 Å². The highest BCUT2D eigenvalue weighted by atomic mass is 15.1. The van der Waals surface area contributed by atoms with Crippen molar-refractivity contribution in [1.29, 1.82) is 0 Å². The summed E-state index contributed by atoms with van der Waals surface area (Å²) >= 11 is 0. The molecule has 0 radical (unpaired) electrons. The maximum Gasteiger partial charge on any atom is 0.160 e. The molecular weight excluding hydrogens is 188 g/mol. The van der Waals surface area contributed by atoms with Crippen molar-refractivity contribution in [2.75, 3.05) is 6.54 Å². The number of aromatic amines is 1. The third-order valence-electron chi connectivity index (χ3n) is 3.24. The van der Waals surface area contributed by atoms with Crippen LogP contribution >= 0.6 is 0 Å². The second-order valence-electron chi connectivity index (χ2n) is 4.14. The van der Waals surface area contributed by atoms with E-state index in [1.54, 1.807) is 0 Å². The first-order chi connectivity index (χ1) is 7.27. The van der Waals surface area contributed by atoms with E-state index < -0.39 is 0 Å². The molecule has 4 nitrogen and oxygen atoms in total. The van der Waals surface area contributed by atoms with E-state index >= 15 is 0 Å². The first-order valence-electron chi connectivity index (χ1n) is 5.31. The normalized spacial score (nSPS) is 15.6. The van der Waals surface area contributed by atoms with E-state index in [2.05, 4.69) is 27.4 Å². The van der Waals surface area contributed by atoms with Crippen LogP contribution in [-0.4, -0.2) is 21.7 Å². The quantitative estimate of drug-likeness (QED) is 0.675. The lowest BCUT2D eigenvalue weighted by Crippen LogP contribution is -2.23. The van der Waals surface area contributed by atoms with Gasteiger partial charge >= 0.3 is 0 Å². The summed E-state index contributed by atoms with van der Waals surface area (Å²) in [4.78, 5) is 3.37. The Morgan fingerprint density at radius 2 is 2.07 bits per heavy atom. The highest BCUT2D eigenvalue weighted by molar-refractivity contribution is 5.85. The van der Waals surface area contributed by atoms with Crippen molar-refractivity contribution in [3.05, 3.63) is 22.5 Å². The maximum absolute atomic E-state index is 4.21. The number of hydrogen-bond acceptors (Lipinski definition) is 3. The molecule has 0 saturated carbocycles. The third-order valence-corrected chi connectivity index (χ3v) is 3.24. The highest BCUT2D eigenvalue weighted by Gasteiger charge is 2.18. The number of hydrogen-bond donors (Lipinski definition) is 2. The fourth-order valence-corrected chi connectivity index (χ4v) is 2.27. The van der Waals surface area contributed by atoms with Crippen LogP contribution in [0.5, 0.6) is 0 Å². The lowest BCUT2D eigenvalue weighted by Gasteiger charge is -2.13. The fourth-order valence-electron chi connectivity index (χ4n) is 2.27. The molecule has 2 N–H and O–H groups in total. The Labute approximate surface area is 88.1 Å². The molecular formula is C11H14N4. The Morgan fingerprint density at radius 1 is 1.20 bits per heavy atom. The van der Waals surface area contributed by atoms with E-state index in [9.17, 15) is 0 Å². The second kappa shape index (κ2) is 3.03. The van der Waals surface area contributed by atoms with E-state index in [0.717, 1.165) is 30.9 Å². The number of rotatable bonds is 0. The molecule has 1 aliphatic heterocycles. The zero-order valence-electron chi connectivity index (χ0n) is 9.02. The molecule has 1 aliphatic rings. The topological polar surface area (TPSA) is 53.6 Å². The minimum Gasteiger partial charge on any atom is -0.341 e. The first-order valence-corrected chi connectivity index (χ1v) is 5.31. The van der Waals surface area contributed by atoms with Gasteiger partial charge in [0.25, 0.3) is 0 Å². The molecule has 0 aliphatic carbocycles. The molecule has 0 unspecified atom stereocenters. The van der Waals surface area contributed by atoms with Gasteiger partial charge in [0, 0.05) is 30.6 Å². The second-order valence-corrected chi connectivity index (χ2v) is 4.14. The summed E-state index contributed by atoms with van der Waals surface area (Å²) in [7, 11) is 0. The van der Waals surface area contributed by atoms with Crippen LogP contribution in [-0.2, 0) is 13.0 Å². The van der Waals surface area contributed by atoms with Gasteiger partial charge in [-0.05, 0) is 25.0 Å². The Balaban J connectivity index is 2.39. The summed E-state index contributed by atoms with van der Waals surface area (Å²) < 4.78 is 0. The zero-order valence-corrected chi connectivity index (χ0v) is 9.02. The largest absolute Gasteiger partial charge is 0.341 e. The van der Waals surface area contributed by atoms with Crippen molar-refractivity contribution in [2.45, 2.75) is 26.8 Å². The van der Waals surface area contributed by atoms with Gasteiger partial charge in [-0.3, -0.25) is 0 Å². The Bertz CT molecular complexity index is 527. The molecule has 0 bridgehead atoms. The molecule has 0 fully saturated rings. The van der Waals surface area contributed by atoms with Crippen LogP contribution in [0, 0.1) is 13.8 Å². The summed E-state index contributed by atoms with van der Waals surface area (Å²) in [6.07, 6.45) is 1.06. The minimum atomic E-state index is 0.937. The fraction of sp³-hybridized carbons (Fsp3) is 0.455. The van der Waals surface area contributed by atoms with Gasteiger partial charge in [0.1, 0.15) is 0 Å². The van der Waals surface area contributed by atoms with Crippen LogP contribution in [0.2, 0.25) is 0 Å². The van der Waals surface area contributed by atoms with Crippen LogP contribution in [0.4, 0.5) is 0 Å². The monoisotopic (exact) mass is 202 g/mol. The summed E-state index contributed by atoms with van der Waals surface area (Å²) in [6, 6.07) is 0. The molecule has 15 heavy (non-hydrogen) atoms. The highest BCUT2D eigenvalue weighted by Crippen LogP contribution is 2.26. The van der Waals surface area contributed by atoms with Crippen molar-refractivity contribution in [2.24, 2.45) is 0 Å². The minimum absolute atomic E-state index is 0.937. The van der Waals surface area contributed by atoms with Gasteiger partial charge in [0.15, 0.2) is 5.65 Å². The molecule has 0 aromatic carbocycles. The summed E-state index contributed by atoms with van der Waals surface area (Å²) in [6.45, 7) is 6.12. The summed E-state index contributed by atoms with van der Waals surface area (Å²) in [5, 5.41) is 13.0. The molecule has 3 heterocycles. The maximum atomic E-state index is 4.21. The number of nitrogens with one attached hydrogen (secondary N) is 2. The van der Waals surface area contributed by atoms with Crippen molar-refractivity contribution < 1.29 is 0 Å². The Hall–Kier alpha value is -1.42. The predicted octanol–water partition coefficient (Wildman–Crippen LogP) is 1.22. The van der Waals surface area contributed by atoms with Crippen molar-refractivity contribution in [3.63, 3.8) is 0 Å². The predicted molar refractivity (Wildman–Crippen MR) is 58.8 cm³/mol. The van der Waals surface area contributed by atoms with E-state index in [0.29, 0.717) is 0 Å². The van der Waals surface area contributed by atoms with Gasteiger partial charge in [-0.25, -0.2) is 0 Å². The molecule has 0 saturated heterocycles. The van der Waals surface area contributed by atoms with Crippen LogP contribution in [0.3, 0.4) is 0 Å². The SMILES string of the molecule is Cc1nnc2[nH]c3c(c2c1C)CNCC3. The van der Waals surface area contributed by atoms with Crippen LogP contribution in [0.1, 0.15) is 22.5 Å². The molecule has 2 aromatic rings. The average Bonchev–Trinajstić information content (AvgIpc) is 2.62. The molecule has 2 aromatic heterocycles. The molecule has 4 heteroatoms. The summed E-state index contributed by atoms with van der Waals surface area (Å²) in [5.41, 5.74) is 5.92. The van der Waals surface area contributed by atoms with Crippen LogP contribution in [0.25, 0.3) is 11.0 Å². The van der Waals surface area contributed by atoms with Crippen LogP contribution < -0.4 is 5.32 Å². The number of aryl methyl sites for hydroxylation is 2. The number of fused-ring (bicyclic) bond motifs is 3. The van der Waals surface area contributed by atoms with Gasteiger partial charge in [0.2, 0.25) is 0 Å². The van der Waals surface area contributed by atoms with Crippen LogP contribution in [0.15, 0.2) is 0 Å². The zero-order chi connectivity index (χ0) is 10.4. The standard InChI is InChI=1S/C11H14N4/c1-6-7(2)14-15-11-10(6)8-5-12-4-3-9(8)13-11/h12H,3-5H2,1-2H3,(H,13,15). The van der Waals surface area contributed by atoms with Gasteiger partial charge in [0.05, 0.1) is 5.69 Å². The Kier molecular flexibility index (Phi) is 1.79. The van der Waals surface area contributed by atoms with E-state index in [4.69, 9.17) is 0 Å². The lowest BCUT2D eigenvalue weighted by molar-refractivity contribution is 0.640. The van der Waals surface area contributed by atoms with Crippen molar-refractivity contribution in [1.82, 2.24) is 20.5 Å². The van der Waals surface area contributed by atoms with Gasteiger partial charge in [-0.15, -0.1) is 5.10 Å². The van der Waals surface area contributed by atoms with E-state index in [1.807, 2.05) is 6.92 Å². The number of aromatic nitrogens is 3. The van der Waals surface area contributed by atoms with E-state index in [-0.39, 0.29) is 0 Å². The van der Waals surface area contributed by atoms with Crippen molar-refractivity contribution in [3.8, 4) is 0 Å². The van der Waals surface area contributed by atoms with Gasteiger partial charge in [-0.2, -0.15) is 5.10 Å². The van der Waals surface area contributed by atoms with Crippen molar-refractivity contribution >= 4 is 11.0 Å². The molecule has 78 valence electrons. The lowest BCUT2D eigenvalue weighted by atomic mass is 10.0.